The van der Waals surface area contributed by atoms with Crippen LogP contribution in [0.3, 0.4) is 0 Å². The minimum atomic E-state index is 0.522. The van der Waals surface area contributed by atoms with Crippen molar-refractivity contribution >= 4 is 0 Å². The van der Waals surface area contributed by atoms with Gasteiger partial charge in [0.1, 0.15) is 0 Å². The Morgan fingerprint density at radius 2 is 2.00 bits per heavy atom. The van der Waals surface area contributed by atoms with Crippen molar-refractivity contribution in [3.63, 3.8) is 0 Å². The van der Waals surface area contributed by atoms with Crippen LogP contribution in [0.1, 0.15) is 47.0 Å². The Labute approximate surface area is 83.3 Å². The molecule has 0 radical (unpaired) electrons. The van der Waals surface area contributed by atoms with Crippen LogP contribution in [0.5, 0.6) is 0 Å². The lowest BCUT2D eigenvalue weighted by molar-refractivity contribution is 0.161. The summed E-state index contributed by atoms with van der Waals surface area (Å²) in [5.41, 5.74) is 0.522. The zero-order valence-electron chi connectivity index (χ0n) is 9.69. The average molecular weight is 183 g/mol. The Kier molecular flexibility index (Phi) is 3.78. The van der Waals surface area contributed by atoms with Gasteiger partial charge in [0.25, 0.3) is 0 Å². The summed E-state index contributed by atoms with van der Waals surface area (Å²) in [5.74, 6) is 1.70. The quantitative estimate of drug-likeness (QED) is 0.659. The SMILES string of the molecule is CC1CCNCC(C)(C(C)C)CC1. The van der Waals surface area contributed by atoms with E-state index < -0.39 is 0 Å². The number of rotatable bonds is 1. The lowest BCUT2D eigenvalue weighted by Gasteiger charge is -2.37. The van der Waals surface area contributed by atoms with Gasteiger partial charge in [0.2, 0.25) is 0 Å². The molecule has 0 saturated carbocycles. The molecule has 0 spiro atoms. The van der Waals surface area contributed by atoms with Crippen LogP contribution in [0.15, 0.2) is 0 Å². The van der Waals surface area contributed by atoms with Crippen molar-refractivity contribution < 1.29 is 0 Å². The third kappa shape index (κ3) is 2.98. The maximum absolute atomic E-state index is 3.59. The lowest BCUT2D eigenvalue weighted by Crippen LogP contribution is -2.38. The largest absolute Gasteiger partial charge is 0.316 e. The van der Waals surface area contributed by atoms with Crippen molar-refractivity contribution in [3.8, 4) is 0 Å². The molecule has 0 aromatic carbocycles. The second kappa shape index (κ2) is 4.45. The van der Waals surface area contributed by atoms with Crippen LogP contribution in [0, 0.1) is 17.3 Å². The van der Waals surface area contributed by atoms with Crippen LogP contribution < -0.4 is 5.32 Å². The Morgan fingerprint density at radius 1 is 1.31 bits per heavy atom. The van der Waals surface area contributed by atoms with E-state index in [1.807, 2.05) is 0 Å². The van der Waals surface area contributed by atoms with Gasteiger partial charge in [-0.15, -0.1) is 0 Å². The fourth-order valence-corrected chi connectivity index (χ4v) is 2.02. The highest BCUT2D eigenvalue weighted by Crippen LogP contribution is 2.34. The molecular weight excluding hydrogens is 158 g/mol. The normalized spacial score (nSPS) is 37.2. The zero-order chi connectivity index (χ0) is 9.90. The lowest BCUT2D eigenvalue weighted by atomic mass is 9.73. The van der Waals surface area contributed by atoms with Crippen LogP contribution in [-0.4, -0.2) is 13.1 Å². The Balaban J connectivity index is 2.53. The first-order valence-corrected chi connectivity index (χ1v) is 5.75. The zero-order valence-corrected chi connectivity index (χ0v) is 9.69. The van der Waals surface area contributed by atoms with Gasteiger partial charge in [-0.3, -0.25) is 0 Å². The van der Waals surface area contributed by atoms with Gasteiger partial charge in [0, 0.05) is 6.54 Å². The molecule has 2 unspecified atom stereocenters. The predicted octanol–water partition coefficient (Wildman–Crippen LogP) is 3.06. The summed E-state index contributed by atoms with van der Waals surface area (Å²) in [6.45, 7) is 11.9. The van der Waals surface area contributed by atoms with Crippen molar-refractivity contribution in [2.75, 3.05) is 13.1 Å². The molecule has 13 heavy (non-hydrogen) atoms. The highest BCUT2D eigenvalue weighted by atomic mass is 14.9. The summed E-state index contributed by atoms with van der Waals surface area (Å²) in [4.78, 5) is 0. The fourth-order valence-electron chi connectivity index (χ4n) is 2.02. The Morgan fingerprint density at radius 3 is 2.62 bits per heavy atom. The first-order valence-electron chi connectivity index (χ1n) is 5.75. The Hall–Kier alpha value is -0.0400. The molecule has 0 aliphatic carbocycles. The van der Waals surface area contributed by atoms with E-state index >= 15 is 0 Å². The first kappa shape index (κ1) is 11.0. The average Bonchev–Trinajstić information content (AvgIpc) is 2.06. The molecule has 1 fully saturated rings. The summed E-state index contributed by atoms with van der Waals surface area (Å²) in [5, 5.41) is 3.59. The highest BCUT2D eigenvalue weighted by molar-refractivity contribution is 4.82. The molecule has 1 rings (SSSR count). The molecule has 0 aromatic rings. The van der Waals surface area contributed by atoms with Crippen molar-refractivity contribution in [2.24, 2.45) is 17.3 Å². The van der Waals surface area contributed by atoms with Crippen LogP contribution in [0.4, 0.5) is 0 Å². The molecule has 1 saturated heterocycles. The van der Waals surface area contributed by atoms with E-state index in [9.17, 15) is 0 Å². The van der Waals surface area contributed by atoms with E-state index in [-0.39, 0.29) is 0 Å². The van der Waals surface area contributed by atoms with E-state index in [0.717, 1.165) is 11.8 Å². The molecule has 1 heterocycles. The molecular formula is C12H25N. The monoisotopic (exact) mass is 183 g/mol. The maximum atomic E-state index is 3.59. The van der Waals surface area contributed by atoms with E-state index in [1.165, 1.54) is 32.4 Å². The van der Waals surface area contributed by atoms with Gasteiger partial charge >= 0.3 is 0 Å². The minimum Gasteiger partial charge on any atom is -0.316 e. The fraction of sp³-hybridized carbons (Fsp3) is 1.00. The van der Waals surface area contributed by atoms with Crippen LogP contribution in [0.2, 0.25) is 0 Å². The molecule has 2 atom stereocenters. The molecule has 0 aromatic heterocycles. The summed E-state index contributed by atoms with van der Waals surface area (Å²) < 4.78 is 0. The van der Waals surface area contributed by atoms with Gasteiger partial charge in [-0.25, -0.2) is 0 Å². The van der Waals surface area contributed by atoms with Crippen molar-refractivity contribution in [2.45, 2.75) is 47.0 Å². The minimum absolute atomic E-state index is 0.522. The summed E-state index contributed by atoms with van der Waals surface area (Å²) in [7, 11) is 0. The molecule has 1 heteroatoms. The molecule has 1 aliphatic heterocycles. The summed E-state index contributed by atoms with van der Waals surface area (Å²) in [6, 6.07) is 0. The van der Waals surface area contributed by atoms with Crippen LogP contribution in [0.25, 0.3) is 0 Å². The van der Waals surface area contributed by atoms with Gasteiger partial charge < -0.3 is 5.32 Å². The molecule has 1 aliphatic rings. The van der Waals surface area contributed by atoms with Gasteiger partial charge in [0.05, 0.1) is 0 Å². The van der Waals surface area contributed by atoms with Crippen molar-refractivity contribution in [3.05, 3.63) is 0 Å². The smallest absolute Gasteiger partial charge is 0.000761 e. The second-order valence-corrected chi connectivity index (χ2v) is 5.42. The summed E-state index contributed by atoms with van der Waals surface area (Å²) in [6.07, 6.45) is 4.16. The third-order valence-electron chi connectivity index (χ3n) is 3.94. The molecule has 78 valence electrons. The van der Waals surface area contributed by atoms with E-state index in [1.54, 1.807) is 0 Å². The van der Waals surface area contributed by atoms with E-state index in [4.69, 9.17) is 0 Å². The summed E-state index contributed by atoms with van der Waals surface area (Å²) >= 11 is 0. The third-order valence-corrected chi connectivity index (χ3v) is 3.94. The number of hydrogen-bond donors (Lipinski definition) is 1. The first-order chi connectivity index (χ1) is 6.04. The van der Waals surface area contributed by atoms with Crippen molar-refractivity contribution in [1.29, 1.82) is 0 Å². The number of nitrogens with one attached hydrogen (secondary N) is 1. The van der Waals surface area contributed by atoms with E-state index in [2.05, 4.69) is 33.0 Å². The Bertz CT molecular complexity index is 153. The van der Waals surface area contributed by atoms with E-state index in [0.29, 0.717) is 5.41 Å². The topological polar surface area (TPSA) is 12.0 Å². The second-order valence-electron chi connectivity index (χ2n) is 5.42. The number of hydrogen-bond acceptors (Lipinski definition) is 1. The van der Waals surface area contributed by atoms with Crippen molar-refractivity contribution in [1.82, 2.24) is 5.32 Å². The predicted molar refractivity (Wildman–Crippen MR) is 58.8 cm³/mol. The van der Waals surface area contributed by atoms with Gasteiger partial charge in [0.15, 0.2) is 0 Å². The molecule has 1 N–H and O–H groups in total. The standard InChI is InChI=1S/C12H25N/c1-10(2)12(4)7-5-11(3)6-8-13-9-12/h10-11,13H,5-9H2,1-4H3. The highest BCUT2D eigenvalue weighted by Gasteiger charge is 2.29. The molecule has 0 bridgehead atoms. The van der Waals surface area contributed by atoms with Crippen LogP contribution in [-0.2, 0) is 0 Å². The van der Waals surface area contributed by atoms with Gasteiger partial charge in [-0.2, -0.15) is 0 Å². The van der Waals surface area contributed by atoms with Gasteiger partial charge in [-0.05, 0) is 36.6 Å². The van der Waals surface area contributed by atoms with Crippen LogP contribution >= 0.6 is 0 Å². The molecule has 0 amide bonds. The van der Waals surface area contributed by atoms with Gasteiger partial charge in [-0.1, -0.05) is 34.1 Å². The molecule has 1 nitrogen and oxygen atoms in total. The maximum Gasteiger partial charge on any atom is 0.000761 e.